The van der Waals surface area contributed by atoms with Crippen molar-refractivity contribution in [2.45, 2.75) is 37.6 Å². The Hall–Kier alpha value is -0.950. The molecular weight excluding hydrogens is 288 g/mol. The Morgan fingerprint density at radius 2 is 2.14 bits per heavy atom. The normalized spacial score (nSPS) is 15.3. The fourth-order valence-electron chi connectivity index (χ4n) is 2.13. The minimum atomic E-state index is -3.51. The van der Waals surface area contributed by atoms with Crippen LogP contribution in [0.15, 0.2) is 23.1 Å². The summed E-state index contributed by atoms with van der Waals surface area (Å²) < 4.78 is 32.8. The van der Waals surface area contributed by atoms with Gasteiger partial charge in [0.2, 0.25) is 10.0 Å². The molecule has 1 saturated carbocycles. The van der Waals surface area contributed by atoms with Crippen molar-refractivity contribution in [2.75, 3.05) is 19.8 Å². The second-order valence-electron chi connectivity index (χ2n) is 5.42. The van der Waals surface area contributed by atoms with E-state index in [9.17, 15) is 8.42 Å². The van der Waals surface area contributed by atoms with E-state index in [1.165, 1.54) is 12.8 Å². The van der Waals surface area contributed by atoms with Crippen molar-refractivity contribution >= 4 is 10.0 Å². The molecule has 0 aliphatic heterocycles. The maximum Gasteiger partial charge on any atom is 0.240 e. The molecule has 0 heterocycles. The smallest absolute Gasteiger partial charge is 0.240 e. The number of sulfonamides is 1. The predicted octanol–water partition coefficient (Wildman–Crippen LogP) is 1.41. The van der Waals surface area contributed by atoms with Crippen LogP contribution in [0.1, 0.15) is 30.9 Å². The zero-order valence-corrected chi connectivity index (χ0v) is 13.3. The van der Waals surface area contributed by atoms with Crippen LogP contribution < -0.4 is 10.5 Å². The average Bonchev–Trinajstić information content (AvgIpc) is 3.30. The van der Waals surface area contributed by atoms with Gasteiger partial charge in [-0.25, -0.2) is 13.1 Å². The second kappa shape index (κ2) is 7.35. The van der Waals surface area contributed by atoms with E-state index in [2.05, 4.69) is 4.72 Å². The summed E-state index contributed by atoms with van der Waals surface area (Å²) in [6.07, 6.45) is 3.13. The Morgan fingerprint density at radius 3 is 2.76 bits per heavy atom. The maximum absolute atomic E-state index is 12.4. The summed E-state index contributed by atoms with van der Waals surface area (Å²) in [4.78, 5) is 0.329. The van der Waals surface area contributed by atoms with Crippen LogP contribution in [0.2, 0.25) is 0 Å². The Bertz CT molecular complexity index is 568. The minimum Gasteiger partial charge on any atom is -0.380 e. The Morgan fingerprint density at radius 1 is 1.38 bits per heavy atom. The number of rotatable bonds is 9. The Balaban J connectivity index is 1.96. The first kappa shape index (κ1) is 16.4. The third-order valence-electron chi connectivity index (χ3n) is 3.63. The molecule has 0 saturated heterocycles. The highest BCUT2D eigenvalue weighted by Crippen LogP contribution is 2.28. The molecule has 0 unspecified atom stereocenters. The van der Waals surface area contributed by atoms with E-state index in [1.54, 1.807) is 6.07 Å². The van der Waals surface area contributed by atoms with Crippen LogP contribution in [0.4, 0.5) is 0 Å². The highest BCUT2D eigenvalue weighted by molar-refractivity contribution is 7.89. The monoisotopic (exact) mass is 312 g/mol. The van der Waals surface area contributed by atoms with Gasteiger partial charge in [-0.05, 0) is 42.4 Å². The number of hydrogen-bond acceptors (Lipinski definition) is 4. The van der Waals surface area contributed by atoms with E-state index in [1.807, 2.05) is 19.1 Å². The molecule has 2 rings (SSSR count). The van der Waals surface area contributed by atoms with Gasteiger partial charge in [0.25, 0.3) is 0 Å². The molecular formula is C15H24N2O3S. The van der Waals surface area contributed by atoms with Crippen LogP contribution in [0.25, 0.3) is 0 Å². The number of benzene rings is 1. The second-order valence-corrected chi connectivity index (χ2v) is 7.15. The summed E-state index contributed by atoms with van der Waals surface area (Å²) in [7, 11) is -3.51. The molecule has 0 atom stereocenters. The molecule has 0 radical (unpaired) electrons. The van der Waals surface area contributed by atoms with Crippen LogP contribution >= 0.6 is 0 Å². The molecule has 6 heteroatoms. The SMILES string of the molecule is CCc1ccc(CN)cc1S(=O)(=O)NCCOCC1CC1. The van der Waals surface area contributed by atoms with E-state index in [0.29, 0.717) is 36.9 Å². The summed E-state index contributed by atoms with van der Waals surface area (Å²) in [5.74, 6) is 0.689. The maximum atomic E-state index is 12.4. The lowest BCUT2D eigenvalue weighted by Crippen LogP contribution is -2.28. The largest absolute Gasteiger partial charge is 0.380 e. The van der Waals surface area contributed by atoms with E-state index in [0.717, 1.165) is 17.7 Å². The van der Waals surface area contributed by atoms with Gasteiger partial charge in [0.15, 0.2) is 0 Å². The lowest BCUT2D eigenvalue weighted by Gasteiger charge is -2.12. The van der Waals surface area contributed by atoms with E-state index in [4.69, 9.17) is 10.5 Å². The van der Waals surface area contributed by atoms with Crippen LogP contribution in [0.5, 0.6) is 0 Å². The van der Waals surface area contributed by atoms with Gasteiger partial charge in [-0.1, -0.05) is 19.1 Å². The Labute approximate surface area is 126 Å². The molecule has 1 fully saturated rings. The summed E-state index contributed by atoms with van der Waals surface area (Å²) in [6, 6.07) is 5.36. The van der Waals surface area contributed by atoms with Crippen molar-refractivity contribution < 1.29 is 13.2 Å². The third-order valence-corrected chi connectivity index (χ3v) is 5.17. The fraction of sp³-hybridized carbons (Fsp3) is 0.600. The van der Waals surface area contributed by atoms with Crippen molar-refractivity contribution in [2.24, 2.45) is 11.7 Å². The van der Waals surface area contributed by atoms with Gasteiger partial charge in [-0.15, -0.1) is 0 Å². The van der Waals surface area contributed by atoms with Crippen molar-refractivity contribution in [1.29, 1.82) is 0 Å². The minimum absolute atomic E-state index is 0.297. The molecule has 0 bridgehead atoms. The Kier molecular flexibility index (Phi) is 5.75. The molecule has 0 amide bonds. The first-order valence-electron chi connectivity index (χ1n) is 7.46. The van der Waals surface area contributed by atoms with Crippen LogP contribution in [0.3, 0.4) is 0 Å². The standard InChI is InChI=1S/C15H24N2O3S/c1-2-14-6-5-13(10-16)9-15(14)21(18,19)17-7-8-20-11-12-3-4-12/h5-6,9,12,17H,2-4,7-8,10-11,16H2,1H3. The molecule has 118 valence electrons. The van der Waals surface area contributed by atoms with Crippen LogP contribution in [-0.4, -0.2) is 28.2 Å². The van der Waals surface area contributed by atoms with Gasteiger partial charge in [-0.2, -0.15) is 0 Å². The highest BCUT2D eigenvalue weighted by Gasteiger charge is 2.21. The summed E-state index contributed by atoms with van der Waals surface area (Å²) in [5, 5.41) is 0. The molecule has 1 aliphatic rings. The van der Waals surface area contributed by atoms with E-state index >= 15 is 0 Å². The van der Waals surface area contributed by atoms with Crippen LogP contribution in [0, 0.1) is 5.92 Å². The van der Waals surface area contributed by atoms with Crippen molar-refractivity contribution in [3.05, 3.63) is 29.3 Å². The van der Waals surface area contributed by atoms with Gasteiger partial charge in [-0.3, -0.25) is 0 Å². The van der Waals surface area contributed by atoms with E-state index < -0.39 is 10.0 Å². The fourth-order valence-corrected chi connectivity index (χ4v) is 3.50. The molecule has 1 aromatic rings. The van der Waals surface area contributed by atoms with E-state index in [-0.39, 0.29) is 0 Å². The zero-order chi connectivity index (χ0) is 15.3. The molecule has 3 N–H and O–H groups in total. The molecule has 1 aromatic carbocycles. The third kappa shape index (κ3) is 4.78. The summed E-state index contributed by atoms with van der Waals surface area (Å²) in [5.41, 5.74) is 7.21. The number of hydrogen-bond donors (Lipinski definition) is 2. The topological polar surface area (TPSA) is 81.4 Å². The zero-order valence-electron chi connectivity index (χ0n) is 12.5. The quantitative estimate of drug-likeness (QED) is 0.676. The number of nitrogens with one attached hydrogen (secondary N) is 1. The molecule has 5 nitrogen and oxygen atoms in total. The van der Waals surface area contributed by atoms with Gasteiger partial charge in [0.05, 0.1) is 11.5 Å². The number of nitrogens with two attached hydrogens (primary N) is 1. The van der Waals surface area contributed by atoms with Gasteiger partial charge in [0, 0.05) is 19.7 Å². The van der Waals surface area contributed by atoms with Crippen LogP contribution in [-0.2, 0) is 27.7 Å². The molecule has 0 spiro atoms. The summed E-state index contributed by atoms with van der Waals surface area (Å²) in [6.45, 7) is 3.72. The first-order valence-corrected chi connectivity index (χ1v) is 8.94. The lowest BCUT2D eigenvalue weighted by atomic mass is 10.1. The van der Waals surface area contributed by atoms with Crippen molar-refractivity contribution in [3.63, 3.8) is 0 Å². The van der Waals surface area contributed by atoms with Crippen molar-refractivity contribution in [3.8, 4) is 0 Å². The molecule has 1 aliphatic carbocycles. The predicted molar refractivity (Wildman–Crippen MR) is 82.4 cm³/mol. The van der Waals surface area contributed by atoms with Gasteiger partial charge < -0.3 is 10.5 Å². The lowest BCUT2D eigenvalue weighted by molar-refractivity contribution is 0.129. The number of aryl methyl sites for hydroxylation is 1. The van der Waals surface area contributed by atoms with Crippen molar-refractivity contribution in [1.82, 2.24) is 4.72 Å². The highest BCUT2D eigenvalue weighted by atomic mass is 32.2. The van der Waals surface area contributed by atoms with Gasteiger partial charge in [0.1, 0.15) is 0 Å². The molecule has 0 aromatic heterocycles. The van der Waals surface area contributed by atoms with Gasteiger partial charge >= 0.3 is 0 Å². The summed E-state index contributed by atoms with van der Waals surface area (Å²) >= 11 is 0. The molecule has 21 heavy (non-hydrogen) atoms. The first-order chi connectivity index (χ1) is 10.1. The number of ether oxygens (including phenoxy) is 1. The average molecular weight is 312 g/mol.